The third-order valence-corrected chi connectivity index (χ3v) is 2.64. The molecule has 0 N–H and O–H groups in total. The van der Waals surface area contributed by atoms with Gasteiger partial charge in [-0.1, -0.05) is 28.1 Å². The Morgan fingerprint density at radius 2 is 2.00 bits per heavy atom. The molecule has 0 radical (unpaired) electrons. The first-order chi connectivity index (χ1) is 6.22. The fourth-order valence-corrected chi connectivity index (χ4v) is 1.42. The van der Waals surface area contributed by atoms with Gasteiger partial charge in [-0.15, -0.1) is 0 Å². The maximum atomic E-state index is 10.8. The zero-order valence-electron chi connectivity index (χ0n) is 6.80. The van der Waals surface area contributed by atoms with Crippen LogP contribution in [-0.4, -0.2) is 5.97 Å². The molecule has 0 saturated carbocycles. The van der Waals surface area contributed by atoms with E-state index in [4.69, 9.17) is 0 Å². The van der Waals surface area contributed by atoms with Crippen LogP contribution in [0.15, 0.2) is 28.7 Å². The van der Waals surface area contributed by atoms with E-state index in [2.05, 4.69) is 19.0 Å². The Hall–Kier alpha value is -0.100. The summed E-state index contributed by atoms with van der Waals surface area (Å²) in [7, 11) is 0. The molecule has 70 valence electrons. The average molecular weight is 355 g/mol. The second-order valence-corrected chi connectivity index (χ2v) is 3.93. The number of hydrogen-bond acceptors (Lipinski definition) is 2. The highest BCUT2D eigenvalue weighted by atomic mass is 127. The summed E-state index contributed by atoms with van der Waals surface area (Å²) in [4.78, 5) is 10.8. The molecule has 0 aliphatic carbocycles. The number of rotatable bonds is 3. The Labute approximate surface area is 99.5 Å². The third kappa shape index (κ3) is 4.08. The molecule has 0 bridgehead atoms. The van der Waals surface area contributed by atoms with Crippen molar-refractivity contribution in [1.82, 2.24) is 0 Å². The van der Waals surface area contributed by atoms with E-state index in [-0.39, 0.29) is 5.97 Å². The molecule has 0 amide bonds. The average Bonchev–Trinajstić information content (AvgIpc) is 2.16. The van der Waals surface area contributed by atoms with Crippen LogP contribution in [-0.2, 0) is 14.3 Å². The van der Waals surface area contributed by atoms with E-state index in [0.29, 0.717) is 6.42 Å². The van der Waals surface area contributed by atoms with Crippen molar-refractivity contribution < 1.29 is 7.86 Å². The van der Waals surface area contributed by atoms with Gasteiger partial charge in [-0.25, -0.2) is 0 Å². The van der Waals surface area contributed by atoms with E-state index in [1.54, 1.807) is 23.0 Å². The molecule has 1 aromatic carbocycles. The van der Waals surface area contributed by atoms with Crippen molar-refractivity contribution in [3.05, 3.63) is 34.3 Å². The summed E-state index contributed by atoms with van der Waals surface area (Å²) >= 11 is 4.95. The number of hydrogen-bond donors (Lipinski definition) is 0. The lowest BCUT2D eigenvalue weighted by atomic mass is 10.1. The molecule has 0 heterocycles. The summed E-state index contributed by atoms with van der Waals surface area (Å²) in [6.07, 6.45) is 1.17. The minimum absolute atomic E-state index is 0.177. The van der Waals surface area contributed by atoms with E-state index < -0.39 is 0 Å². The molecule has 0 fully saturated rings. The van der Waals surface area contributed by atoms with Crippen molar-refractivity contribution in [1.29, 1.82) is 0 Å². The van der Waals surface area contributed by atoms with E-state index in [0.717, 1.165) is 16.5 Å². The standard InChI is InChI=1S/C9H8BrIO2/c10-8-4-1-7(2-5-8)3-6-9(12)13-11/h1-2,4-5H,3,6H2. The summed E-state index contributed by atoms with van der Waals surface area (Å²) in [5, 5.41) is 0. The fourth-order valence-electron chi connectivity index (χ4n) is 0.936. The van der Waals surface area contributed by atoms with Crippen LogP contribution in [0.5, 0.6) is 0 Å². The first-order valence-electron chi connectivity index (χ1n) is 3.78. The van der Waals surface area contributed by atoms with Crippen molar-refractivity contribution in [2.45, 2.75) is 12.8 Å². The van der Waals surface area contributed by atoms with Crippen molar-refractivity contribution in [3.63, 3.8) is 0 Å². The molecule has 1 rings (SSSR count). The molecule has 13 heavy (non-hydrogen) atoms. The van der Waals surface area contributed by atoms with Gasteiger partial charge < -0.3 is 3.07 Å². The molecular weight excluding hydrogens is 347 g/mol. The number of aryl methyl sites for hydroxylation is 1. The molecule has 4 heteroatoms. The summed E-state index contributed by atoms with van der Waals surface area (Å²) in [5.74, 6) is -0.177. The van der Waals surface area contributed by atoms with Crippen LogP contribution >= 0.6 is 38.9 Å². The lowest BCUT2D eigenvalue weighted by molar-refractivity contribution is -0.131. The number of halogens is 2. The Balaban J connectivity index is 2.46. The molecular formula is C9H8BrIO2. The summed E-state index contributed by atoms with van der Waals surface area (Å²) in [6, 6.07) is 7.91. The van der Waals surface area contributed by atoms with Crippen LogP contribution in [0.4, 0.5) is 0 Å². The molecule has 0 aliphatic heterocycles. The quantitative estimate of drug-likeness (QED) is 0.779. The van der Waals surface area contributed by atoms with E-state index in [1.165, 1.54) is 0 Å². The van der Waals surface area contributed by atoms with Gasteiger partial charge in [0.05, 0.1) is 6.42 Å². The van der Waals surface area contributed by atoms with E-state index in [9.17, 15) is 4.79 Å². The predicted molar refractivity (Wildman–Crippen MR) is 62.6 cm³/mol. The van der Waals surface area contributed by atoms with Gasteiger partial charge in [0.1, 0.15) is 0 Å². The summed E-state index contributed by atoms with van der Waals surface area (Å²) < 4.78 is 5.57. The monoisotopic (exact) mass is 354 g/mol. The maximum absolute atomic E-state index is 10.8. The number of carbonyl (C=O) groups excluding carboxylic acids is 1. The first kappa shape index (κ1) is 11.0. The summed E-state index contributed by atoms with van der Waals surface area (Å²) in [5.41, 5.74) is 1.14. The van der Waals surface area contributed by atoms with E-state index in [1.807, 2.05) is 24.3 Å². The molecule has 0 unspecified atom stereocenters. The minimum Gasteiger partial charge on any atom is -0.394 e. The summed E-state index contributed by atoms with van der Waals surface area (Å²) in [6.45, 7) is 0. The van der Waals surface area contributed by atoms with Crippen LogP contribution in [0.25, 0.3) is 0 Å². The largest absolute Gasteiger partial charge is 0.394 e. The zero-order valence-corrected chi connectivity index (χ0v) is 10.5. The van der Waals surface area contributed by atoms with Crippen LogP contribution in [0.2, 0.25) is 0 Å². The molecule has 2 nitrogen and oxygen atoms in total. The molecule has 0 spiro atoms. The molecule has 0 aliphatic rings. The van der Waals surface area contributed by atoms with Crippen molar-refractivity contribution in [3.8, 4) is 0 Å². The third-order valence-electron chi connectivity index (χ3n) is 1.62. The fraction of sp³-hybridized carbons (Fsp3) is 0.222. The van der Waals surface area contributed by atoms with Crippen LogP contribution in [0.3, 0.4) is 0 Å². The normalized spacial score (nSPS) is 9.69. The highest BCUT2D eigenvalue weighted by Gasteiger charge is 2.01. The van der Waals surface area contributed by atoms with Gasteiger partial charge in [0.15, 0.2) is 23.0 Å². The highest BCUT2D eigenvalue weighted by Crippen LogP contribution is 2.12. The van der Waals surface area contributed by atoms with Crippen LogP contribution in [0, 0.1) is 0 Å². The Bertz CT molecular complexity index is 284. The van der Waals surface area contributed by atoms with Gasteiger partial charge in [-0.2, -0.15) is 0 Å². The first-order valence-corrected chi connectivity index (χ1v) is 5.45. The highest BCUT2D eigenvalue weighted by molar-refractivity contribution is 14.1. The van der Waals surface area contributed by atoms with Gasteiger partial charge in [-0.05, 0) is 24.1 Å². The lowest BCUT2D eigenvalue weighted by Crippen LogP contribution is -1.98. The molecule has 1 aromatic rings. The lowest BCUT2D eigenvalue weighted by Gasteiger charge is -1.99. The van der Waals surface area contributed by atoms with Crippen molar-refractivity contribution in [2.75, 3.05) is 0 Å². The topological polar surface area (TPSA) is 26.3 Å². The molecule has 0 saturated heterocycles. The van der Waals surface area contributed by atoms with Gasteiger partial charge in [0.25, 0.3) is 0 Å². The Morgan fingerprint density at radius 3 is 2.54 bits per heavy atom. The maximum Gasteiger partial charge on any atom is 0.315 e. The second kappa shape index (κ2) is 5.59. The second-order valence-electron chi connectivity index (χ2n) is 2.58. The van der Waals surface area contributed by atoms with Gasteiger partial charge >= 0.3 is 5.97 Å². The van der Waals surface area contributed by atoms with Gasteiger partial charge in [-0.3, -0.25) is 4.79 Å². The van der Waals surface area contributed by atoms with E-state index >= 15 is 0 Å². The van der Waals surface area contributed by atoms with Gasteiger partial charge in [0, 0.05) is 4.47 Å². The smallest absolute Gasteiger partial charge is 0.315 e. The SMILES string of the molecule is O=C(CCc1ccc(Br)cc1)OI. The van der Waals surface area contributed by atoms with Crippen molar-refractivity contribution >= 4 is 44.9 Å². The Morgan fingerprint density at radius 1 is 1.38 bits per heavy atom. The minimum atomic E-state index is -0.177. The zero-order chi connectivity index (χ0) is 9.68. The number of carbonyl (C=O) groups is 1. The predicted octanol–water partition coefficient (Wildman–Crippen LogP) is 3.27. The van der Waals surface area contributed by atoms with Crippen LogP contribution < -0.4 is 0 Å². The molecule has 0 aromatic heterocycles. The van der Waals surface area contributed by atoms with Gasteiger partial charge in [0.2, 0.25) is 0 Å². The van der Waals surface area contributed by atoms with Crippen LogP contribution in [0.1, 0.15) is 12.0 Å². The number of benzene rings is 1. The Kier molecular flexibility index (Phi) is 4.72. The van der Waals surface area contributed by atoms with Crippen molar-refractivity contribution in [2.24, 2.45) is 0 Å². The molecule has 0 atom stereocenters.